The summed E-state index contributed by atoms with van der Waals surface area (Å²) in [5.41, 5.74) is 4.45. The number of piperidine rings is 2. The summed E-state index contributed by atoms with van der Waals surface area (Å²) < 4.78 is 21.4. The van der Waals surface area contributed by atoms with E-state index in [1.165, 1.54) is 193 Å². The van der Waals surface area contributed by atoms with E-state index < -0.39 is 5.97 Å². The molecule has 83 heavy (non-hydrogen) atoms. The van der Waals surface area contributed by atoms with Crippen LogP contribution >= 0.6 is 0 Å². The molecular formula is C73H115N4O6+. The van der Waals surface area contributed by atoms with Crippen molar-refractivity contribution in [2.75, 3.05) is 44.3 Å². The number of nitrogens with zero attached hydrogens (tertiary/aromatic N) is 2. The van der Waals surface area contributed by atoms with Crippen molar-refractivity contribution in [1.82, 2.24) is 15.2 Å². The van der Waals surface area contributed by atoms with Crippen molar-refractivity contribution in [3.8, 4) is 22.5 Å². The lowest BCUT2D eigenvalue weighted by Crippen LogP contribution is -2.43. The maximum Gasteiger partial charge on any atom is 0.407 e. The Morgan fingerprint density at radius 3 is 1.72 bits per heavy atom. The Morgan fingerprint density at radius 1 is 0.590 bits per heavy atom. The van der Waals surface area contributed by atoms with E-state index in [-0.39, 0.29) is 17.7 Å². The summed E-state index contributed by atoms with van der Waals surface area (Å²) in [6.45, 7) is 13.2. The van der Waals surface area contributed by atoms with Gasteiger partial charge in [0.25, 0.3) is 0 Å². The molecule has 0 bridgehead atoms. The first-order chi connectivity index (χ1) is 40.9. The predicted octanol–water partition coefficient (Wildman–Crippen LogP) is 19.7. The smallest absolute Gasteiger partial charge is 0.407 e. The molecule has 3 N–H and O–H groups in total. The molecule has 2 aromatic carbocycles. The van der Waals surface area contributed by atoms with Gasteiger partial charge in [0.2, 0.25) is 5.36 Å². The zero-order chi connectivity index (χ0) is 58.4. The minimum absolute atomic E-state index is 0.213. The molecular weight excluding hydrogens is 1030 g/mol. The van der Waals surface area contributed by atoms with Gasteiger partial charge in [0.15, 0.2) is 11.9 Å². The first-order valence-corrected chi connectivity index (χ1v) is 34.5. The largest absolute Gasteiger partial charge is 0.479 e. The number of carboxylic acids is 1. The molecule has 0 aromatic heterocycles. The number of hydrogen-bond donors (Lipinski definition) is 3. The summed E-state index contributed by atoms with van der Waals surface area (Å²) in [5, 5.41) is 18.9. The van der Waals surface area contributed by atoms with Crippen molar-refractivity contribution in [1.29, 1.82) is 0 Å². The molecule has 10 nitrogen and oxygen atoms in total. The first-order valence-electron chi connectivity index (χ1n) is 34.5. The van der Waals surface area contributed by atoms with Crippen LogP contribution in [-0.2, 0) is 9.47 Å². The maximum absolute atomic E-state index is 12.8. The third-order valence-corrected chi connectivity index (χ3v) is 18.1. The number of carbonyl (C=O) groups is 2. The summed E-state index contributed by atoms with van der Waals surface area (Å²) in [6.07, 6.45) is 51.1. The molecule has 2 saturated heterocycles. The van der Waals surface area contributed by atoms with Crippen LogP contribution in [0, 0.1) is 0 Å². The zero-order valence-corrected chi connectivity index (χ0v) is 52.5. The Balaban J connectivity index is 0.974. The van der Waals surface area contributed by atoms with Crippen molar-refractivity contribution in [3.63, 3.8) is 0 Å². The van der Waals surface area contributed by atoms with E-state index in [2.05, 4.69) is 76.9 Å². The number of unbranched alkanes of at least 4 members (excludes halogenated alkanes) is 30. The van der Waals surface area contributed by atoms with Gasteiger partial charge in [-0.15, -0.1) is 0 Å². The molecule has 0 radical (unpaired) electrons. The lowest BCUT2D eigenvalue weighted by atomic mass is 9.90. The Kier molecular flexibility index (Phi) is 33.3. The molecule has 1 aliphatic carbocycles. The molecule has 0 spiro atoms. The van der Waals surface area contributed by atoms with Crippen molar-refractivity contribution in [2.45, 2.75) is 283 Å². The zero-order valence-electron chi connectivity index (χ0n) is 52.5. The molecule has 2 fully saturated rings. The SMILES string of the molecule is C=C(NCCCCCCCCCCCCCCCCCC)OCCC1CCCC/[N+]1=c1/ccc2c(-c3ccccc3C(=O)O)c3ccc(N4CCCCC4CCOC(=O)NCCCCCCCCCCCCCCCCCC)cc3oc-2c1. The number of rotatable bonds is 45. The van der Waals surface area contributed by atoms with Gasteiger partial charge < -0.3 is 34.5 Å². The van der Waals surface area contributed by atoms with E-state index in [1.807, 2.05) is 12.1 Å². The van der Waals surface area contributed by atoms with Crippen molar-refractivity contribution >= 4 is 28.7 Å². The average Bonchev–Trinajstić information content (AvgIpc) is 3.39. The summed E-state index contributed by atoms with van der Waals surface area (Å²) in [6, 6.07) is 20.7. The highest BCUT2D eigenvalue weighted by atomic mass is 16.5. The molecule has 3 heterocycles. The molecule has 462 valence electrons. The average molecular weight is 1140 g/mol. The van der Waals surface area contributed by atoms with Crippen LogP contribution in [0.3, 0.4) is 0 Å². The molecule has 6 rings (SSSR count). The van der Waals surface area contributed by atoms with Gasteiger partial charge in [0.1, 0.15) is 17.9 Å². The molecule has 2 atom stereocenters. The number of ether oxygens (including phenoxy) is 2. The van der Waals surface area contributed by atoms with Crippen LogP contribution in [-0.4, -0.2) is 68.6 Å². The normalized spacial score (nSPS) is 16.1. The summed E-state index contributed by atoms with van der Waals surface area (Å²) >= 11 is 0. The van der Waals surface area contributed by atoms with Crippen LogP contribution in [0.4, 0.5) is 10.5 Å². The van der Waals surface area contributed by atoms with Crippen molar-refractivity contribution < 1.29 is 28.6 Å². The van der Waals surface area contributed by atoms with E-state index in [0.29, 0.717) is 42.8 Å². The lowest BCUT2D eigenvalue weighted by Gasteiger charge is -2.37. The summed E-state index contributed by atoms with van der Waals surface area (Å²) in [7, 11) is 0. The Hall–Kier alpha value is -4.99. The minimum atomic E-state index is -0.959. The van der Waals surface area contributed by atoms with Gasteiger partial charge in [0.05, 0.1) is 24.8 Å². The fourth-order valence-corrected chi connectivity index (χ4v) is 13.2. The number of nitrogens with one attached hydrogen (secondary N) is 2. The number of benzene rings is 3. The minimum Gasteiger partial charge on any atom is -0.479 e. The van der Waals surface area contributed by atoms with Crippen LogP contribution in [0.1, 0.15) is 281 Å². The second kappa shape index (κ2) is 41.1. The van der Waals surface area contributed by atoms with Crippen molar-refractivity contribution in [3.05, 3.63) is 84.0 Å². The van der Waals surface area contributed by atoms with Gasteiger partial charge >= 0.3 is 12.1 Å². The maximum atomic E-state index is 12.8. The van der Waals surface area contributed by atoms with Gasteiger partial charge in [-0.2, -0.15) is 0 Å². The second-order valence-corrected chi connectivity index (χ2v) is 24.8. The highest BCUT2D eigenvalue weighted by Crippen LogP contribution is 2.43. The predicted molar refractivity (Wildman–Crippen MR) is 349 cm³/mol. The molecule has 4 aliphatic rings. The van der Waals surface area contributed by atoms with Crippen LogP contribution in [0.25, 0.3) is 33.4 Å². The summed E-state index contributed by atoms with van der Waals surface area (Å²) in [4.78, 5) is 28.0. The van der Waals surface area contributed by atoms with E-state index in [9.17, 15) is 14.7 Å². The fourth-order valence-electron chi connectivity index (χ4n) is 13.2. The van der Waals surface area contributed by atoms with Gasteiger partial charge in [-0.1, -0.05) is 225 Å². The molecule has 2 aromatic rings. The number of amides is 1. The van der Waals surface area contributed by atoms with E-state index >= 15 is 0 Å². The topological polar surface area (TPSA) is 116 Å². The van der Waals surface area contributed by atoms with Gasteiger partial charge in [-0.3, -0.25) is 0 Å². The number of carbonyl (C=O) groups excluding carboxylic acids is 1. The number of fused-ring (bicyclic) bond motifs is 2. The number of carboxylic acid groups (broad SMARTS) is 1. The molecule has 10 heteroatoms. The highest BCUT2D eigenvalue weighted by Gasteiger charge is 2.29. The third kappa shape index (κ3) is 24.9. The van der Waals surface area contributed by atoms with Crippen LogP contribution < -0.4 is 25.5 Å². The Bertz CT molecular complexity index is 2460. The second-order valence-electron chi connectivity index (χ2n) is 24.8. The van der Waals surface area contributed by atoms with Gasteiger partial charge in [-0.05, 0) is 74.9 Å². The van der Waals surface area contributed by atoms with Crippen molar-refractivity contribution in [2.24, 2.45) is 0 Å². The Labute approximate surface area is 503 Å². The first kappa shape index (κ1) is 67.1. The lowest BCUT2D eigenvalue weighted by molar-refractivity contribution is 0.0697. The van der Waals surface area contributed by atoms with E-state index in [4.69, 9.17) is 13.9 Å². The van der Waals surface area contributed by atoms with E-state index in [0.717, 1.165) is 117 Å². The van der Waals surface area contributed by atoms with Gasteiger partial charge in [-0.25, -0.2) is 14.2 Å². The summed E-state index contributed by atoms with van der Waals surface area (Å²) in [5.74, 6) is 0.435. The van der Waals surface area contributed by atoms with Crippen LogP contribution in [0.15, 0.2) is 77.5 Å². The number of hydrogen-bond acceptors (Lipinski definition) is 7. The highest BCUT2D eigenvalue weighted by molar-refractivity contribution is 6.07. The molecule has 0 saturated carbocycles. The standard InChI is InChI=1S/C73H114N4O6/c1-4-6-8-10-12-14-16-18-20-22-24-26-28-30-32-38-52-74-60(3)81-56-50-61-42-36-40-54-76(61)63-46-48-67-69(58-63)83-70-59-64(47-49-68(70)71(67)65-44-34-35-45-66(65)72(78)79)77-55-41-37-43-62(77)51-57-82-73(80)75-53-39-33-31-29-27-25-23-21-19-17-15-13-11-9-7-5-2/h34-35,44-49,58-59,61-62,74H,3-33,36-43,50-57H2,1-2H3,(H-,75,78,79,80)/p+1. The quantitative estimate of drug-likeness (QED) is 0.0173. The molecule has 2 unspecified atom stereocenters. The third-order valence-electron chi connectivity index (χ3n) is 18.1. The number of anilines is 1. The number of aromatic carboxylic acids is 1. The molecule has 1 amide bonds. The number of alkyl carbamates (subject to hydrolysis) is 1. The Morgan fingerprint density at radius 2 is 1.13 bits per heavy atom. The fraction of sp³-hybridized carbons (Fsp3) is 0.685. The van der Waals surface area contributed by atoms with Crippen LogP contribution in [0.2, 0.25) is 0 Å². The van der Waals surface area contributed by atoms with Gasteiger partial charge in [0, 0.05) is 85.7 Å². The van der Waals surface area contributed by atoms with Crippen LogP contribution in [0.5, 0.6) is 0 Å². The molecule has 3 aliphatic heterocycles. The monoisotopic (exact) mass is 1140 g/mol. The van der Waals surface area contributed by atoms with E-state index in [1.54, 1.807) is 12.1 Å².